The molecule has 104 valence electrons. The van der Waals surface area contributed by atoms with Gasteiger partial charge in [-0.1, -0.05) is 43.6 Å². The molecule has 1 aromatic rings. The monoisotopic (exact) mass is 296 g/mol. The Balaban J connectivity index is 2.03. The molecule has 0 aromatic heterocycles. The van der Waals surface area contributed by atoms with E-state index in [1.165, 1.54) is 32.1 Å². The summed E-state index contributed by atoms with van der Waals surface area (Å²) in [6.07, 6.45) is 6.61. The Morgan fingerprint density at radius 2 is 2.11 bits per heavy atom. The molecule has 4 heteroatoms. The first-order valence-electron chi connectivity index (χ1n) is 6.89. The van der Waals surface area contributed by atoms with Crippen molar-refractivity contribution in [2.75, 3.05) is 11.9 Å². The molecule has 2 rings (SSSR count). The van der Waals surface area contributed by atoms with E-state index in [1.807, 2.05) is 18.2 Å². The van der Waals surface area contributed by atoms with Crippen LogP contribution in [0, 0.1) is 5.41 Å². The van der Waals surface area contributed by atoms with Crippen molar-refractivity contribution < 1.29 is 0 Å². The zero-order chi connectivity index (χ0) is 13.9. The third-order valence-electron chi connectivity index (χ3n) is 4.32. The van der Waals surface area contributed by atoms with Crippen LogP contribution in [-0.4, -0.2) is 11.5 Å². The number of nitrogens with two attached hydrogens (primary N) is 1. The summed E-state index contributed by atoms with van der Waals surface area (Å²) in [5, 5.41) is 4.14. The van der Waals surface area contributed by atoms with Gasteiger partial charge in [0.2, 0.25) is 0 Å². The molecular weight excluding hydrogens is 276 g/mol. The molecule has 1 saturated carbocycles. The van der Waals surface area contributed by atoms with Crippen LogP contribution in [0.4, 0.5) is 5.69 Å². The van der Waals surface area contributed by atoms with Crippen LogP contribution in [0.5, 0.6) is 0 Å². The number of anilines is 1. The van der Waals surface area contributed by atoms with Crippen LogP contribution < -0.4 is 11.1 Å². The molecular formula is C15H21ClN2S. The van der Waals surface area contributed by atoms with Gasteiger partial charge in [0.05, 0.1) is 5.02 Å². The fourth-order valence-corrected chi connectivity index (χ4v) is 3.41. The number of hydrogen-bond acceptors (Lipinski definition) is 2. The number of hydrogen-bond donors (Lipinski definition) is 2. The van der Waals surface area contributed by atoms with E-state index in [1.54, 1.807) is 0 Å². The van der Waals surface area contributed by atoms with Gasteiger partial charge < -0.3 is 11.1 Å². The molecule has 1 fully saturated rings. The summed E-state index contributed by atoms with van der Waals surface area (Å²) in [7, 11) is 0. The van der Waals surface area contributed by atoms with Gasteiger partial charge in [-0.05, 0) is 42.9 Å². The topological polar surface area (TPSA) is 38.0 Å². The summed E-state index contributed by atoms with van der Waals surface area (Å²) in [6, 6.07) is 5.80. The molecule has 0 radical (unpaired) electrons. The van der Waals surface area contributed by atoms with Crippen molar-refractivity contribution in [3.8, 4) is 0 Å². The maximum absolute atomic E-state index is 6.18. The van der Waals surface area contributed by atoms with Crippen molar-refractivity contribution in [3.63, 3.8) is 0 Å². The van der Waals surface area contributed by atoms with Gasteiger partial charge in [-0.2, -0.15) is 0 Å². The van der Waals surface area contributed by atoms with Crippen LogP contribution >= 0.6 is 23.8 Å². The third-order valence-corrected chi connectivity index (χ3v) is 4.85. The average molecular weight is 297 g/mol. The zero-order valence-corrected chi connectivity index (χ0v) is 12.9. The Labute approximate surface area is 125 Å². The molecule has 0 unspecified atom stereocenters. The maximum Gasteiger partial charge on any atom is 0.105 e. The maximum atomic E-state index is 6.18. The van der Waals surface area contributed by atoms with Crippen LogP contribution in [0.3, 0.4) is 0 Å². The van der Waals surface area contributed by atoms with Gasteiger partial charge in [0, 0.05) is 17.8 Å². The highest BCUT2D eigenvalue weighted by molar-refractivity contribution is 7.80. The lowest BCUT2D eigenvalue weighted by atomic mass is 9.83. The second-order valence-electron chi connectivity index (χ2n) is 5.47. The summed E-state index contributed by atoms with van der Waals surface area (Å²) >= 11 is 11.1. The summed E-state index contributed by atoms with van der Waals surface area (Å²) < 4.78 is 0. The number of nitrogens with one attached hydrogen (secondary N) is 1. The van der Waals surface area contributed by atoms with Crippen LogP contribution in [0.1, 0.15) is 44.6 Å². The first kappa shape index (κ1) is 14.6. The largest absolute Gasteiger partial charge is 0.389 e. The predicted molar refractivity (Wildman–Crippen MR) is 87.0 cm³/mol. The number of thiocarbonyl (C=S) groups is 1. The molecule has 1 aliphatic carbocycles. The number of benzene rings is 1. The molecule has 0 spiro atoms. The average Bonchev–Trinajstić information content (AvgIpc) is 2.85. The standard InChI is InChI=1S/C15H21ClN2S/c1-2-15(7-3-4-8-15)10-18-11-5-6-12(14(17)19)13(16)9-11/h5-6,9,18H,2-4,7-8,10H2,1H3,(H2,17,19). The van der Waals surface area contributed by atoms with E-state index in [4.69, 9.17) is 29.6 Å². The van der Waals surface area contributed by atoms with Gasteiger partial charge >= 0.3 is 0 Å². The molecule has 0 atom stereocenters. The second kappa shape index (κ2) is 6.10. The molecule has 0 heterocycles. The summed E-state index contributed by atoms with van der Waals surface area (Å²) in [5.41, 5.74) is 7.86. The van der Waals surface area contributed by atoms with Gasteiger partial charge in [-0.3, -0.25) is 0 Å². The van der Waals surface area contributed by atoms with Crippen LogP contribution in [0.15, 0.2) is 18.2 Å². The highest BCUT2D eigenvalue weighted by atomic mass is 35.5. The number of halogens is 1. The smallest absolute Gasteiger partial charge is 0.105 e. The van der Waals surface area contributed by atoms with Crippen molar-refractivity contribution in [2.24, 2.45) is 11.1 Å². The quantitative estimate of drug-likeness (QED) is 0.793. The second-order valence-corrected chi connectivity index (χ2v) is 6.32. The first-order valence-corrected chi connectivity index (χ1v) is 7.68. The Bertz CT molecular complexity index is 467. The highest BCUT2D eigenvalue weighted by Gasteiger charge is 2.31. The highest BCUT2D eigenvalue weighted by Crippen LogP contribution is 2.41. The molecule has 0 aliphatic heterocycles. The van der Waals surface area contributed by atoms with E-state index in [0.717, 1.165) is 17.8 Å². The zero-order valence-electron chi connectivity index (χ0n) is 11.3. The lowest BCUT2D eigenvalue weighted by Gasteiger charge is -2.28. The Morgan fingerprint density at radius 3 is 2.63 bits per heavy atom. The summed E-state index contributed by atoms with van der Waals surface area (Å²) in [6.45, 7) is 3.31. The normalized spacial score (nSPS) is 17.4. The minimum atomic E-state index is 0.345. The molecule has 1 aliphatic rings. The fourth-order valence-electron chi connectivity index (χ4n) is 2.89. The van der Waals surface area contributed by atoms with E-state index in [-0.39, 0.29) is 0 Å². The number of rotatable bonds is 5. The van der Waals surface area contributed by atoms with Crippen LogP contribution in [0.25, 0.3) is 0 Å². The van der Waals surface area contributed by atoms with Gasteiger partial charge in [0.25, 0.3) is 0 Å². The molecule has 0 amide bonds. The molecule has 0 saturated heterocycles. The van der Waals surface area contributed by atoms with E-state index in [0.29, 0.717) is 15.4 Å². The SMILES string of the molecule is CCC1(CNc2ccc(C(N)=S)c(Cl)c2)CCCC1. The lowest BCUT2D eigenvalue weighted by Crippen LogP contribution is -2.25. The molecule has 19 heavy (non-hydrogen) atoms. The fraction of sp³-hybridized carbons (Fsp3) is 0.533. The van der Waals surface area contributed by atoms with E-state index >= 15 is 0 Å². The van der Waals surface area contributed by atoms with E-state index in [2.05, 4.69) is 12.2 Å². The van der Waals surface area contributed by atoms with Gasteiger partial charge in [0.1, 0.15) is 4.99 Å². The third kappa shape index (κ3) is 3.40. The Morgan fingerprint density at radius 1 is 1.42 bits per heavy atom. The molecule has 0 bridgehead atoms. The Kier molecular flexibility index (Phi) is 4.69. The van der Waals surface area contributed by atoms with E-state index < -0.39 is 0 Å². The first-order chi connectivity index (χ1) is 9.06. The Hall–Kier alpha value is -0.800. The van der Waals surface area contributed by atoms with Crippen LogP contribution in [0.2, 0.25) is 5.02 Å². The molecule has 1 aromatic carbocycles. The van der Waals surface area contributed by atoms with Gasteiger partial charge in [-0.25, -0.2) is 0 Å². The van der Waals surface area contributed by atoms with Crippen molar-refractivity contribution in [2.45, 2.75) is 39.0 Å². The van der Waals surface area contributed by atoms with Crippen molar-refractivity contribution in [1.29, 1.82) is 0 Å². The summed E-state index contributed by atoms with van der Waals surface area (Å²) in [5.74, 6) is 0. The minimum Gasteiger partial charge on any atom is -0.389 e. The summed E-state index contributed by atoms with van der Waals surface area (Å²) in [4.78, 5) is 0.345. The predicted octanol–water partition coefficient (Wildman–Crippen LogP) is 4.36. The van der Waals surface area contributed by atoms with Crippen molar-refractivity contribution in [1.82, 2.24) is 0 Å². The molecule has 3 N–H and O–H groups in total. The van der Waals surface area contributed by atoms with Gasteiger partial charge in [0.15, 0.2) is 0 Å². The van der Waals surface area contributed by atoms with E-state index in [9.17, 15) is 0 Å². The lowest BCUT2D eigenvalue weighted by molar-refractivity contribution is 0.307. The van der Waals surface area contributed by atoms with Crippen LogP contribution in [-0.2, 0) is 0 Å². The van der Waals surface area contributed by atoms with Crippen molar-refractivity contribution in [3.05, 3.63) is 28.8 Å². The van der Waals surface area contributed by atoms with Gasteiger partial charge in [-0.15, -0.1) is 0 Å². The minimum absolute atomic E-state index is 0.345. The van der Waals surface area contributed by atoms with Crippen molar-refractivity contribution >= 4 is 34.5 Å². The molecule has 2 nitrogen and oxygen atoms in total.